The van der Waals surface area contributed by atoms with Gasteiger partial charge in [-0.15, -0.1) is 0 Å². The largest absolute Gasteiger partial charge is 0.389 e. The molecule has 84 valence electrons. The minimum absolute atomic E-state index is 0.122. The maximum Gasteiger partial charge on any atom is 0.389 e. The lowest BCUT2D eigenvalue weighted by Crippen LogP contribution is -2.07. The van der Waals surface area contributed by atoms with Gasteiger partial charge in [-0.3, -0.25) is 0 Å². The molecule has 1 rings (SSSR count). The van der Waals surface area contributed by atoms with E-state index in [4.69, 9.17) is 4.74 Å². The normalized spacial score (nSPS) is 10.5. The zero-order valence-corrected chi connectivity index (χ0v) is 8.76. The number of nitrogens with zero attached hydrogens (tertiary/aromatic N) is 3. The molecule has 0 unspecified atom stereocenters. The molecule has 0 bridgehead atoms. The molecule has 0 fully saturated rings. The third-order valence-electron chi connectivity index (χ3n) is 1.92. The first kappa shape index (κ1) is 11.6. The topological polar surface area (TPSA) is 70.2 Å². The van der Waals surface area contributed by atoms with E-state index in [9.17, 15) is 10.1 Å². The molecule has 1 heterocycles. The Labute approximate surface area is 88.0 Å². The molecule has 0 saturated heterocycles. The lowest BCUT2D eigenvalue weighted by molar-refractivity contribution is -0.389. The molecule has 15 heavy (non-hydrogen) atoms. The van der Waals surface area contributed by atoms with Gasteiger partial charge < -0.3 is 14.9 Å². The fraction of sp³-hybridized carbons (Fsp3) is 0.667. The van der Waals surface area contributed by atoms with Crippen LogP contribution in [0.3, 0.4) is 0 Å². The van der Waals surface area contributed by atoms with Crippen molar-refractivity contribution in [1.82, 2.24) is 9.78 Å². The molecule has 0 aliphatic heterocycles. The van der Waals surface area contributed by atoms with Gasteiger partial charge in [0.15, 0.2) is 0 Å². The zero-order valence-electron chi connectivity index (χ0n) is 8.76. The van der Waals surface area contributed by atoms with Gasteiger partial charge in [0.1, 0.15) is 0 Å². The van der Waals surface area contributed by atoms with Crippen LogP contribution in [0.4, 0.5) is 5.82 Å². The van der Waals surface area contributed by atoms with Crippen molar-refractivity contribution >= 4 is 5.82 Å². The molecular weight excluding hydrogens is 198 g/mol. The van der Waals surface area contributed by atoms with Gasteiger partial charge in [-0.05, 0) is 11.3 Å². The van der Waals surface area contributed by atoms with Gasteiger partial charge in [-0.2, -0.15) is 4.68 Å². The molecule has 0 saturated carbocycles. The second-order valence-corrected chi connectivity index (χ2v) is 3.16. The monoisotopic (exact) mass is 213 g/mol. The summed E-state index contributed by atoms with van der Waals surface area (Å²) in [6.07, 6.45) is 3.73. The van der Waals surface area contributed by atoms with Crippen LogP contribution in [0.25, 0.3) is 0 Å². The van der Waals surface area contributed by atoms with Crippen molar-refractivity contribution in [3.63, 3.8) is 0 Å². The summed E-state index contributed by atoms with van der Waals surface area (Å²) in [7, 11) is 0. The van der Waals surface area contributed by atoms with Crippen LogP contribution in [-0.4, -0.2) is 27.9 Å². The Kier molecular flexibility index (Phi) is 4.76. The minimum Gasteiger partial charge on any atom is -0.379 e. The third kappa shape index (κ3) is 4.07. The van der Waals surface area contributed by atoms with Crippen LogP contribution in [-0.2, 0) is 11.3 Å². The molecule has 0 amide bonds. The summed E-state index contributed by atoms with van der Waals surface area (Å²) < 4.78 is 6.83. The fourth-order valence-electron chi connectivity index (χ4n) is 1.08. The molecule has 0 atom stereocenters. The highest BCUT2D eigenvalue weighted by molar-refractivity contribution is 5.13. The average Bonchev–Trinajstić information content (AvgIpc) is 2.66. The van der Waals surface area contributed by atoms with Crippen molar-refractivity contribution in [2.75, 3.05) is 13.2 Å². The molecule has 6 heteroatoms. The van der Waals surface area contributed by atoms with Gasteiger partial charge in [0, 0.05) is 6.61 Å². The van der Waals surface area contributed by atoms with E-state index in [0.29, 0.717) is 13.2 Å². The van der Waals surface area contributed by atoms with Crippen molar-refractivity contribution in [2.24, 2.45) is 0 Å². The van der Waals surface area contributed by atoms with Crippen LogP contribution in [0.2, 0.25) is 0 Å². The van der Waals surface area contributed by atoms with Crippen LogP contribution < -0.4 is 0 Å². The van der Waals surface area contributed by atoms with Gasteiger partial charge in [0.2, 0.25) is 0 Å². The van der Waals surface area contributed by atoms with Gasteiger partial charge >= 0.3 is 5.82 Å². The predicted octanol–water partition coefficient (Wildman–Crippen LogP) is 1.61. The van der Waals surface area contributed by atoms with Crippen LogP contribution in [0.15, 0.2) is 12.3 Å². The Balaban J connectivity index is 2.23. The summed E-state index contributed by atoms with van der Waals surface area (Å²) >= 11 is 0. The van der Waals surface area contributed by atoms with Crippen LogP contribution in [0, 0.1) is 10.1 Å². The fourth-order valence-corrected chi connectivity index (χ4v) is 1.08. The second kappa shape index (κ2) is 6.13. The van der Waals surface area contributed by atoms with E-state index in [1.165, 1.54) is 10.7 Å². The molecule has 0 spiro atoms. The average molecular weight is 213 g/mol. The van der Waals surface area contributed by atoms with Gasteiger partial charge in [-0.25, -0.2) is 0 Å². The summed E-state index contributed by atoms with van der Waals surface area (Å²) in [5.41, 5.74) is 0. The van der Waals surface area contributed by atoms with Crippen molar-refractivity contribution in [3.05, 3.63) is 22.4 Å². The smallest absolute Gasteiger partial charge is 0.379 e. The Morgan fingerprint density at radius 1 is 1.60 bits per heavy atom. The maximum atomic E-state index is 10.3. The zero-order chi connectivity index (χ0) is 11.1. The van der Waals surface area contributed by atoms with Gasteiger partial charge in [0.25, 0.3) is 0 Å². The van der Waals surface area contributed by atoms with Crippen LogP contribution >= 0.6 is 0 Å². The number of aromatic nitrogens is 2. The lowest BCUT2D eigenvalue weighted by Gasteiger charge is -2.00. The molecule has 0 aliphatic rings. The number of unbranched alkanes of at least 4 members (excludes halogenated alkanes) is 1. The Morgan fingerprint density at radius 3 is 3.00 bits per heavy atom. The first-order chi connectivity index (χ1) is 7.24. The first-order valence-corrected chi connectivity index (χ1v) is 4.99. The molecule has 0 aromatic carbocycles. The standard InChI is InChI=1S/C9H15N3O3/c1-2-3-7-15-8-6-11-5-4-9(10-11)12(13)14/h4-5H,2-3,6-8H2,1H3. The Bertz CT molecular complexity index is 311. The van der Waals surface area contributed by atoms with E-state index < -0.39 is 4.92 Å². The quantitative estimate of drug-likeness (QED) is 0.392. The number of rotatable bonds is 7. The summed E-state index contributed by atoms with van der Waals surface area (Å²) in [6, 6.07) is 1.38. The highest BCUT2D eigenvalue weighted by Crippen LogP contribution is 2.04. The molecular formula is C9H15N3O3. The molecule has 0 N–H and O–H groups in total. The van der Waals surface area contributed by atoms with Crippen molar-refractivity contribution in [2.45, 2.75) is 26.3 Å². The van der Waals surface area contributed by atoms with Crippen LogP contribution in [0.1, 0.15) is 19.8 Å². The van der Waals surface area contributed by atoms with Crippen molar-refractivity contribution in [1.29, 1.82) is 0 Å². The highest BCUT2D eigenvalue weighted by Gasteiger charge is 2.09. The Hall–Kier alpha value is -1.43. The number of hydrogen-bond acceptors (Lipinski definition) is 4. The van der Waals surface area contributed by atoms with Crippen LogP contribution in [0.5, 0.6) is 0 Å². The number of ether oxygens (including phenoxy) is 1. The number of hydrogen-bond donors (Lipinski definition) is 0. The second-order valence-electron chi connectivity index (χ2n) is 3.16. The van der Waals surface area contributed by atoms with E-state index >= 15 is 0 Å². The van der Waals surface area contributed by atoms with Crippen molar-refractivity contribution < 1.29 is 9.66 Å². The highest BCUT2D eigenvalue weighted by atomic mass is 16.6. The summed E-state index contributed by atoms with van der Waals surface area (Å²) in [5, 5.41) is 14.1. The lowest BCUT2D eigenvalue weighted by atomic mass is 10.4. The first-order valence-electron chi connectivity index (χ1n) is 4.99. The molecule has 6 nitrogen and oxygen atoms in total. The van der Waals surface area contributed by atoms with E-state index in [-0.39, 0.29) is 5.82 Å². The Morgan fingerprint density at radius 2 is 2.40 bits per heavy atom. The maximum absolute atomic E-state index is 10.3. The predicted molar refractivity (Wildman–Crippen MR) is 54.6 cm³/mol. The SMILES string of the molecule is CCCCOCCn1ccc([N+](=O)[O-])n1. The van der Waals surface area contributed by atoms with E-state index in [0.717, 1.165) is 19.4 Å². The number of nitro groups is 1. The molecule has 0 aliphatic carbocycles. The van der Waals surface area contributed by atoms with E-state index in [1.54, 1.807) is 6.20 Å². The van der Waals surface area contributed by atoms with Gasteiger partial charge in [0.05, 0.1) is 30.5 Å². The molecule has 1 aromatic rings. The molecule has 0 radical (unpaired) electrons. The minimum atomic E-state index is -0.506. The van der Waals surface area contributed by atoms with Gasteiger partial charge in [-0.1, -0.05) is 13.3 Å². The molecule has 1 aromatic heterocycles. The summed E-state index contributed by atoms with van der Waals surface area (Å²) in [5.74, 6) is -0.122. The van der Waals surface area contributed by atoms with Crippen molar-refractivity contribution in [3.8, 4) is 0 Å². The van der Waals surface area contributed by atoms with E-state index in [2.05, 4.69) is 12.0 Å². The van der Waals surface area contributed by atoms with E-state index in [1.807, 2.05) is 0 Å². The summed E-state index contributed by atoms with van der Waals surface area (Å²) in [4.78, 5) is 9.82. The summed E-state index contributed by atoms with van der Waals surface area (Å²) in [6.45, 7) is 3.93. The third-order valence-corrected chi connectivity index (χ3v) is 1.92.